The van der Waals surface area contributed by atoms with E-state index in [1.807, 2.05) is 13.8 Å². The molecule has 2 saturated heterocycles. The normalized spacial score (nSPS) is 23.8. The molecule has 0 saturated carbocycles. The van der Waals surface area contributed by atoms with Crippen molar-refractivity contribution in [2.75, 3.05) is 19.6 Å². The number of aryl methyl sites for hydroxylation is 2. The van der Waals surface area contributed by atoms with Gasteiger partial charge in [-0.05, 0) is 56.9 Å². The first-order chi connectivity index (χ1) is 13.7. The zero-order chi connectivity index (χ0) is 20.8. The van der Waals surface area contributed by atoms with Gasteiger partial charge in [0.15, 0.2) is 0 Å². The first-order valence-electron chi connectivity index (χ1n) is 9.85. The summed E-state index contributed by atoms with van der Waals surface area (Å²) in [4.78, 5) is 0.526. The lowest BCUT2D eigenvalue weighted by Gasteiger charge is -2.35. The second kappa shape index (κ2) is 7.50. The molecule has 0 spiro atoms. The SMILES string of the molecule is Cc1ccc(S(=O)(=O)N2CC3CCCN(S(=O)(=O)c4ccc(C)cc4)[C@H]3C2)cc1. The van der Waals surface area contributed by atoms with Crippen LogP contribution in [0.15, 0.2) is 58.3 Å². The van der Waals surface area contributed by atoms with Gasteiger partial charge in [-0.2, -0.15) is 8.61 Å². The predicted molar refractivity (Wildman–Crippen MR) is 112 cm³/mol. The highest BCUT2D eigenvalue weighted by Gasteiger charge is 2.47. The number of piperidine rings is 1. The summed E-state index contributed by atoms with van der Waals surface area (Å²) in [6.45, 7) is 4.81. The number of sulfonamides is 2. The highest BCUT2D eigenvalue weighted by atomic mass is 32.2. The zero-order valence-electron chi connectivity index (χ0n) is 16.7. The molecule has 0 aromatic heterocycles. The zero-order valence-corrected chi connectivity index (χ0v) is 18.3. The first-order valence-corrected chi connectivity index (χ1v) is 12.7. The van der Waals surface area contributed by atoms with Crippen LogP contribution in [0.25, 0.3) is 0 Å². The van der Waals surface area contributed by atoms with Gasteiger partial charge >= 0.3 is 0 Å². The fraction of sp³-hybridized carbons (Fsp3) is 0.429. The third-order valence-corrected chi connectivity index (χ3v) is 9.77. The standard InChI is InChI=1S/C21H26N2O4S2/c1-16-5-9-19(10-6-16)28(24,25)22-14-18-4-3-13-23(21(18)15-22)29(26,27)20-11-7-17(2)8-12-20/h5-12,18,21H,3-4,13-15H2,1-2H3/t18?,21-/m0/s1. The van der Waals surface area contributed by atoms with E-state index >= 15 is 0 Å². The Morgan fingerprint density at radius 2 is 1.28 bits per heavy atom. The molecular formula is C21H26N2O4S2. The molecule has 2 aromatic carbocycles. The molecule has 0 radical (unpaired) electrons. The van der Waals surface area contributed by atoms with Gasteiger partial charge in [0.1, 0.15) is 0 Å². The Kier molecular flexibility index (Phi) is 5.31. The minimum atomic E-state index is -3.66. The van der Waals surface area contributed by atoms with E-state index in [1.54, 1.807) is 48.5 Å². The van der Waals surface area contributed by atoms with Crippen LogP contribution in [0.3, 0.4) is 0 Å². The minimum Gasteiger partial charge on any atom is -0.207 e. The molecular weight excluding hydrogens is 408 g/mol. The van der Waals surface area contributed by atoms with E-state index in [-0.39, 0.29) is 28.3 Å². The molecule has 2 aromatic rings. The minimum absolute atomic E-state index is 0.0178. The molecule has 1 unspecified atom stereocenters. The van der Waals surface area contributed by atoms with Crippen LogP contribution in [0.1, 0.15) is 24.0 Å². The predicted octanol–water partition coefficient (Wildman–Crippen LogP) is 2.78. The summed E-state index contributed by atoms with van der Waals surface area (Å²) in [5.74, 6) is 0.0178. The number of fused-ring (bicyclic) bond motifs is 1. The lowest BCUT2D eigenvalue weighted by Crippen LogP contribution is -2.48. The number of rotatable bonds is 4. The lowest BCUT2D eigenvalue weighted by atomic mass is 9.94. The van der Waals surface area contributed by atoms with Crippen LogP contribution < -0.4 is 0 Å². The highest BCUT2D eigenvalue weighted by molar-refractivity contribution is 7.89. The Bertz CT molecular complexity index is 1090. The van der Waals surface area contributed by atoms with Crippen molar-refractivity contribution in [1.29, 1.82) is 0 Å². The summed E-state index contributed by atoms with van der Waals surface area (Å²) in [5.41, 5.74) is 1.99. The van der Waals surface area contributed by atoms with Gasteiger partial charge in [0.25, 0.3) is 0 Å². The van der Waals surface area contributed by atoms with E-state index in [1.165, 1.54) is 8.61 Å². The summed E-state index contributed by atoms with van der Waals surface area (Å²) in [7, 11) is -7.30. The number of benzene rings is 2. The van der Waals surface area contributed by atoms with Crippen molar-refractivity contribution >= 4 is 20.0 Å². The van der Waals surface area contributed by atoms with Gasteiger partial charge in [-0.3, -0.25) is 0 Å². The molecule has 8 heteroatoms. The summed E-state index contributed by atoms with van der Waals surface area (Å²) in [6, 6.07) is 13.3. The largest absolute Gasteiger partial charge is 0.243 e. The van der Waals surface area contributed by atoms with Crippen molar-refractivity contribution in [3.63, 3.8) is 0 Å². The number of hydrogen-bond donors (Lipinski definition) is 0. The van der Waals surface area contributed by atoms with Gasteiger partial charge in [0, 0.05) is 25.7 Å². The average Bonchev–Trinajstić information content (AvgIpc) is 3.14. The van der Waals surface area contributed by atoms with Crippen LogP contribution in [-0.4, -0.2) is 51.1 Å². The van der Waals surface area contributed by atoms with Gasteiger partial charge < -0.3 is 0 Å². The van der Waals surface area contributed by atoms with Crippen LogP contribution in [-0.2, 0) is 20.0 Å². The van der Waals surface area contributed by atoms with E-state index in [4.69, 9.17) is 0 Å². The Balaban J connectivity index is 1.62. The number of hydrogen-bond acceptors (Lipinski definition) is 4. The molecule has 0 bridgehead atoms. The second-order valence-corrected chi connectivity index (χ2v) is 11.9. The third kappa shape index (κ3) is 3.74. The molecule has 0 aliphatic carbocycles. The summed E-state index contributed by atoms with van der Waals surface area (Å²) in [5, 5.41) is 0. The van der Waals surface area contributed by atoms with Crippen LogP contribution in [0, 0.1) is 19.8 Å². The maximum absolute atomic E-state index is 13.3. The molecule has 156 valence electrons. The quantitative estimate of drug-likeness (QED) is 0.742. The average molecular weight is 435 g/mol. The van der Waals surface area contributed by atoms with Crippen molar-refractivity contribution < 1.29 is 16.8 Å². The van der Waals surface area contributed by atoms with Crippen LogP contribution in [0.5, 0.6) is 0 Å². The second-order valence-electron chi connectivity index (χ2n) is 8.03. The molecule has 4 rings (SSSR count). The summed E-state index contributed by atoms with van der Waals surface area (Å²) in [6.07, 6.45) is 1.58. The summed E-state index contributed by atoms with van der Waals surface area (Å²) >= 11 is 0. The van der Waals surface area contributed by atoms with Gasteiger partial charge in [-0.15, -0.1) is 0 Å². The van der Waals surface area contributed by atoms with Crippen molar-refractivity contribution in [1.82, 2.24) is 8.61 Å². The Labute approximate surface area is 173 Å². The maximum atomic E-state index is 13.3. The smallest absolute Gasteiger partial charge is 0.207 e. The molecule has 2 fully saturated rings. The van der Waals surface area contributed by atoms with Crippen molar-refractivity contribution in [2.45, 2.75) is 42.5 Å². The van der Waals surface area contributed by atoms with E-state index in [9.17, 15) is 16.8 Å². The Morgan fingerprint density at radius 1 is 0.759 bits per heavy atom. The molecule has 2 aliphatic rings. The molecule has 0 N–H and O–H groups in total. The van der Waals surface area contributed by atoms with Gasteiger partial charge in [-0.25, -0.2) is 16.8 Å². The fourth-order valence-electron chi connectivity index (χ4n) is 4.30. The highest BCUT2D eigenvalue weighted by Crippen LogP contribution is 2.36. The molecule has 0 amide bonds. The maximum Gasteiger partial charge on any atom is 0.243 e. The molecule has 2 heterocycles. The van der Waals surface area contributed by atoms with E-state index in [0.717, 1.165) is 24.0 Å². The fourth-order valence-corrected chi connectivity index (χ4v) is 7.53. The molecule has 6 nitrogen and oxygen atoms in total. The molecule has 29 heavy (non-hydrogen) atoms. The third-order valence-electron chi connectivity index (χ3n) is 5.98. The van der Waals surface area contributed by atoms with E-state index in [2.05, 4.69) is 0 Å². The monoisotopic (exact) mass is 434 g/mol. The van der Waals surface area contributed by atoms with Crippen molar-refractivity contribution in [3.8, 4) is 0 Å². The first kappa shape index (κ1) is 20.5. The Hall–Kier alpha value is -1.74. The lowest BCUT2D eigenvalue weighted by molar-refractivity contribution is 0.217. The van der Waals surface area contributed by atoms with Crippen LogP contribution in [0.2, 0.25) is 0 Å². The van der Waals surface area contributed by atoms with Gasteiger partial charge in [-0.1, -0.05) is 35.4 Å². The van der Waals surface area contributed by atoms with Crippen LogP contribution >= 0.6 is 0 Å². The van der Waals surface area contributed by atoms with Gasteiger partial charge in [0.05, 0.1) is 9.79 Å². The molecule has 2 aliphatic heterocycles. The topological polar surface area (TPSA) is 74.8 Å². The van der Waals surface area contributed by atoms with Gasteiger partial charge in [0.2, 0.25) is 20.0 Å². The molecule has 2 atom stereocenters. The summed E-state index contributed by atoms with van der Waals surface area (Å²) < 4.78 is 55.7. The van der Waals surface area contributed by atoms with Crippen molar-refractivity contribution in [3.05, 3.63) is 59.7 Å². The van der Waals surface area contributed by atoms with Crippen molar-refractivity contribution in [2.24, 2.45) is 5.92 Å². The number of nitrogens with zero attached hydrogens (tertiary/aromatic N) is 2. The van der Waals surface area contributed by atoms with E-state index < -0.39 is 20.0 Å². The van der Waals surface area contributed by atoms with E-state index in [0.29, 0.717) is 13.1 Å². The Morgan fingerprint density at radius 3 is 1.83 bits per heavy atom. The van der Waals surface area contributed by atoms with Crippen LogP contribution in [0.4, 0.5) is 0 Å².